The van der Waals surface area contributed by atoms with Gasteiger partial charge in [0.05, 0.1) is 5.41 Å². The third kappa shape index (κ3) is 4.91. The van der Waals surface area contributed by atoms with Gasteiger partial charge in [-0.15, -0.1) is 0 Å². The monoisotopic (exact) mass is 440 g/mol. The molecule has 0 spiro atoms. The number of aliphatic carboxylic acids is 1. The summed E-state index contributed by atoms with van der Waals surface area (Å²) in [7, 11) is 0. The number of ether oxygens (including phenoxy) is 1. The molecule has 32 heavy (non-hydrogen) atoms. The molecular formula is C24H28N2O6. The van der Waals surface area contributed by atoms with Crippen LogP contribution < -0.4 is 10.8 Å². The molecule has 8 heteroatoms. The highest BCUT2D eigenvalue weighted by atomic mass is 16.7. The third-order valence-corrected chi connectivity index (χ3v) is 6.11. The van der Waals surface area contributed by atoms with Gasteiger partial charge in [0.2, 0.25) is 0 Å². The molecular weight excluding hydrogens is 412 g/mol. The van der Waals surface area contributed by atoms with E-state index in [1.54, 1.807) is 0 Å². The van der Waals surface area contributed by atoms with Gasteiger partial charge < -0.3 is 15.2 Å². The summed E-state index contributed by atoms with van der Waals surface area (Å²) in [6.07, 6.45) is 0.238. The zero-order chi connectivity index (χ0) is 23.1. The van der Waals surface area contributed by atoms with E-state index in [1.165, 1.54) is 0 Å². The first-order valence-electron chi connectivity index (χ1n) is 10.6. The van der Waals surface area contributed by atoms with Crippen molar-refractivity contribution in [3.8, 4) is 11.1 Å². The maximum atomic E-state index is 12.5. The van der Waals surface area contributed by atoms with Gasteiger partial charge in [-0.25, -0.2) is 15.1 Å². The molecule has 2 aromatic carbocycles. The topological polar surface area (TPSA) is 114 Å². The summed E-state index contributed by atoms with van der Waals surface area (Å²) in [5, 5.41) is 11.3. The number of benzene rings is 2. The number of hydrogen-bond acceptors (Lipinski definition) is 5. The lowest BCUT2D eigenvalue weighted by molar-refractivity contribution is -0.153. The molecule has 1 aliphatic rings. The smallest absolute Gasteiger partial charge is 0.407 e. The van der Waals surface area contributed by atoms with Crippen molar-refractivity contribution < 1.29 is 29.1 Å². The Morgan fingerprint density at radius 3 is 2.06 bits per heavy atom. The zero-order valence-corrected chi connectivity index (χ0v) is 18.2. The van der Waals surface area contributed by atoms with E-state index in [0.717, 1.165) is 22.3 Å². The second-order valence-corrected chi connectivity index (χ2v) is 7.78. The maximum absolute atomic E-state index is 12.5. The lowest BCUT2D eigenvalue weighted by Crippen LogP contribution is -2.48. The van der Waals surface area contributed by atoms with Gasteiger partial charge >= 0.3 is 12.1 Å². The van der Waals surface area contributed by atoms with Crippen molar-refractivity contribution in [2.45, 2.75) is 32.6 Å². The second kappa shape index (κ2) is 10.3. The Balaban J connectivity index is 1.59. The number of alkyl carbamates (subject to hydrolysis) is 1. The van der Waals surface area contributed by atoms with Crippen molar-refractivity contribution in [2.75, 3.05) is 19.8 Å². The molecule has 0 atom stereocenters. The van der Waals surface area contributed by atoms with Crippen LogP contribution in [0.1, 0.15) is 43.7 Å². The van der Waals surface area contributed by atoms with E-state index in [0.29, 0.717) is 12.8 Å². The summed E-state index contributed by atoms with van der Waals surface area (Å²) >= 11 is 0. The number of carbonyl (C=O) groups is 3. The summed E-state index contributed by atoms with van der Waals surface area (Å²) < 4.78 is 5.53. The van der Waals surface area contributed by atoms with E-state index in [-0.39, 0.29) is 19.1 Å². The molecule has 0 aliphatic heterocycles. The fourth-order valence-electron chi connectivity index (χ4n) is 4.06. The van der Waals surface area contributed by atoms with Crippen LogP contribution in [0.3, 0.4) is 0 Å². The number of hydrogen-bond donors (Lipinski definition) is 3. The quantitative estimate of drug-likeness (QED) is 0.488. The normalized spacial score (nSPS) is 12.6. The van der Waals surface area contributed by atoms with Crippen LogP contribution in [0, 0.1) is 5.41 Å². The van der Waals surface area contributed by atoms with Crippen molar-refractivity contribution in [2.24, 2.45) is 5.41 Å². The summed E-state index contributed by atoms with van der Waals surface area (Å²) in [4.78, 5) is 40.3. The van der Waals surface area contributed by atoms with Gasteiger partial charge in [0.1, 0.15) is 6.61 Å². The van der Waals surface area contributed by atoms with Crippen molar-refractivity contribution >= 4 is 18.0 Å². The van der Waals surface area contributed by atoms with E-state index in [2.05, 4.69) is 22.9 Å². The lowest BCUT2D eigenvalue weighted by atomic mass is 9.81. The van der Waals surface area contributed by atoms with Crippen LogP contribution in [-0.4, -0.2) is 42.8 Å². The fraction of sp³-hybridized carbons (Fsp3) is 0.375. The molecule has 0 aromatic heterocycles. The number of amides is 2. The first-order chi connectivity index (χ1) is 15.4. The number of nitrogens with one attached hydrogen (secondary N) is 2. The SMILES string of the molecule is CCC(CC)(CNC(=O)OCC1c2ccccc2-c2ccccc21)C(=O)NOCC(=O)O. The van der Waals surface area contributed by atoms with Crippen molar-refractivity contribution in [3.63, 3.8) is 0 Å². The Hall–Kier alpha value is -3.39. The predicted octanol–water partition coefficient (Wildman–Crippen LogP) is 3.46. The summed E-state index contributed by atoms with van der Waals surface area (Å²) in [6, 6.07) is 16.1. The molecule has 0 radical (unpaired) electrons. The zero-order valence-electron chi connectivity index (χ0n) is 18.2. The predicted molar refractivity (Wildman–Crippen MR) is 118 cm³/mol. The van der Waals surface area contributed by atoms with Crippen molar-refractivity contribution in [1.29, 1.82) is 0 Å². The molecule has 3 N–H and O–H groups in total. The Morgan fingerprint density at radius 2 is 1.53 bits per heavy atom. The number of fused-ring (bicyclic) bond motifs is 3. The molecule has 3 rings (SSSR count). The maximum Gasteiger partial charge on any atom is 0.407 e. The number of carboxylic acid groups (broad SMARTS) is 1. The molecule has 0 fully saturated rings. The fourth-order valence-corrected chi connectivity index (χ4v) is 4.06. The molecule has 2 amide bonds. The van der Waals surface area contributed by atoms with E-state index < -0.39 is 30.0 Å². The van der Waals surface area contributed by atoms with E-state index >= 15 is 0 Å². The number of carboxylic acids is 1. The highest BCUT2D eigenvalue weighted by Gasteiger charge is 2.36. The molecule has 0 unspecified atom stereocenters. The third-order valence-electron chi connectivity index (χ3n) is 6.11. The number of rotatable bonds is 10. The summed E-state index contributed by atoms with van der Waals surface area (Å²) in [5.74, 6) is -1.73. The average molecular weight is 440 g/mol. The molecule has 2 aromatic rings. The van der Waals surface area contributed by atoms with Crippen LogP contribution in [0.4, 0.5) is 4.79 Å². The standard InChI is InChI=1S/C24H28N2O6/c1-3-24(4-2,22(29)26-32-14-21(27)28)15-25-23(30)31-13-20-18-11-7-5-9-16(18)17-10-6-8-12-19(17)20/h5-12,20H,3-4,13-15H2,1-2H3,(H,25,30)(H,26,29)(H,27,28). The Labute approximate surface area is 186 Å². The van der Waals surface area contributed by atoms with Crippen LogP contribution in [0.5, 0.6) is 0 Å². The highest BCUT2D eigenvalue weighted by Crippen LogP contribution is 2.44. The van der Waals surface area contributed by atoms with E-state index in [9.17, 15) is 14.4 Å². The van der Waals surface area contributed by atoms with Crippen molar-refractivity contribution in [3.05, 3.63) is 59.7 Å². The highest BCUT2D eigenvalue weighted by molar-refractivity contribution is 5.83. The van der Waals surface area contributed by atoms with Gasteiger partial charge in [0.25, 0.3) is 5.91 Å². The largest absolute Gasteiger partial charge is 0.479 e. The first-order valence-corrected chi connectivity index (χ1v) is 10.6. The minimum atomic E-state index is -1.19. The Morgan fingerprint density at radius 1 is 0.969 bits per heavy atom. The molecule has 1 aliphatic carbocycles. The second-order valence-electron chi connectivity index (χ2n) is 7.78. The molecule has 0 saturated heterocycles. The van der Waals surface area contributed by atoms with Crippen LogP contribution in [0.2, 0.25) is 0 Å². The number of carbonyl (C=O) groups excluding carboxylic acids is 2. The molecule has 0 heterocycles. The van der Waals surface area contributed by atoms with E-state index in [4.69, 9.17) is 14.7 Å². The van der Waals surface area contributed by atoms with Gasteiger partial charge in [-0.1, -0.05) is 62.4 Å². The summed E-state index contributed by atoms with van der Waals surface area (Å²) in [6.45, 7) is 3.21. The van der Waals surface area contributed by atoms with Gasteiger partial charge in [-0.2, -0.15) is 0 Å². The first kappa shape index (κ1) is 23.3. The van der Waals surface area contributed by atoms with Crippen molar-refractivity contribution in [1.82, 2.24) is 10.8 Å². The van der Waals surface area contributed by atoms with E-state index in [1.807, 2.05) is 50.2 Å². The van der Waals surface area contributed by atoms with Gasteiger partial charge in [-0.3, -0.25) is 9.63 Å². The Bertz CT molecular complexity index is 940. The van der Waals surface area contributed by atoms with Crippen LogP contribution in [0.25, 0.3) is 11.1 Å². The molecule has 0 bridgehead atoms. The van der Waals surface area contributed by atoms with Crippen LogP contribution in [0.15, 0.2) is 48.5 Å². The molecule has 0 saturated carbocycles. The minimum Gasteiger partial charge on any atom is -0.479 e. The van der Waals surface area contributed by atoms with Crippen LogP contribution >= 0.6 is 0 Å². The average Bonchev–Trinajstić information content (AvgIpc) is 3.12. The molecule has 8 nitrogen and oxygen atoms in total. The van der Waals surface area contributed by atoms with Gasteiger partial charge in [0, 0.05) is 12.5 Å². The van der Waals surface area contributed by atoms with Gasteiger partial charge in [-0.05, 0) is 35.1 Å². The number of hydroxylamine groups is 1. The Kier molecular flexibility index (Phi) is 7.48. The lowest BCUT2D eigenvalue weighted by Gasteiger charge is -2.29. The van der Waals surface area contributed by atoms with Gasteiger partial charge in [0.15, 0.2) is 6.61 Å². The summed E-state index contributed by atoms with van der Waals surface area (Å²) in [5.41, 5.74) is 5.75. The van der Waals surface area contributed by atoms with Crippen LogP contribution in [-0.2, 0) is 19.2 Å². The molecule has 170 valence electrons. The minimum absolute atomic E-state index is 0.0406.